The molecule has 0 unspecified atom stereocenters. The SMILES string of the molecule is Cc1cccc([C@@](O)(CC(=O)O)c2ccc3c(c2)Cc2ccccc2-3)c1. The molecule has 0 aromatic heterocycles. The third-order valence-corrected chi connectivity index (χ3v) is 5.17. The number of hydrogen-bond acceptors (Lipinski definition) is 2. The normalized spacial score (nSPS) is 14.4. The fourth-order valence-corrected chi connectivity index (χ4v) is 3.89. The first-order chi connectivity index (χ1) is 12.5. The molecule has 1 atom stereocenters. The van der Waals surface area contributed by atoms with Gasteiger partial charge in [-0.15, -0.1) is 0 Å². The van der Waals surface area contributed by atoms with Gasteiger partial charge in [-0.2, -0.15) is 0 Å². The number of aliphatic carboxylic acids is 1. The van der Waals surface area contributed by atoms with Crippen LogP contribution in [-0.4, -0.2) is 16.2 Å². The van der Waals surface area contributed by atoms with E-state index < -0.39 is 11.6 Å². The third-order valence-electron chi connectivity index (χ3n) is 5.17. The van der Waals surface area contributed by atoms with Crippen LogP contribution >= 0.6 is 0 Å². The Morgan fingerprint density at radius 2 is 1.65 bits per heavy atom. The van der Waals surface area contributed by atoms with E-state index in [1.807, 2.05) is 55.5 Å². The summed E-state index contributed by atoms with van der Waals surface area (Å²) >= 11 is 0. The monoisotopic (exact) mass is 344 g/mol. The number of fused-ring (bicyclic) bond motifs is 3. The van der Waals surface area contributed by atoms with Crippen molar-refractivity contribution in [2.75, 3.05) is 0 Å². The Labute approximate surface area is 152 Å². The number of benzene rings is 3. The van der Waals surface area contributed by atoms with Crippen molar-refractivity contribution >= 4 is 5.97 Å². The van der Waals surface area contributed by atoms with Crippen LogP contribution < -0.4 is 0 Å². The number of hydrogen-bond donors (Lipinski definition) is 2. The highest BCUT2D eigenvalue weighted by atomic mass is 16.4. The minimum atomic E-state index is -1.55. The lowest BCUT2D eigenvalue weighted by molar-refractivity contribution is -0.141. The van der Waals surface area contributed by atoms with Crippen molar-refractivity contribution < 1.29 is 15.0 Å². The molecular weight excluding hydrogens is 324 g/mol. The maximum Gasteiger partial charge on any atom is 0.306 e. The number of carbonyl (C=O) groups is 1. The van der Waals surface area contributed by atoms with E-state index >= 15 is 0 Å². The van der Waals surface area contributed by atoms with E-state index in [1.165, 1.54) is 11.1 Å². The Hall–Kier alpha value is -2.91. The highest BCUT2D eigenvalue weighted by molar-refractivity contribution is 5.77. The van der Waals surface area contributed by atoms with Crippen LogP contribution in [0.15, 0.2) is 66.7 Å². The van der Waals surface area contributed by atoms with E-state index in [9.17, 15) is 15.0 Å². The Balaban J connectivity index is 1.83. The second-order valence-corrected chi connectivity index (χ2v) is 7.01. The Morgan fingerprint density at radius 1 is 0.923 bits per heavy atom. The van der Waals surface area contributed by atoms with Gasteiger partial charge in [-0.3, -0.25) is 4.79 Å². The van der Waals surface area contributed by atoms with E-state index in [1.54, 1.807) is 6.07 Å². The quantitative estimate of drug-likeness (QED) is 0.581. The number of aryl methyl sites for hydroxylation is 1. The molecule has 0 saturated heterocycles. The highest BCUT2D eigenvalue weighted by Gasteiger charge is 2.35. The Morgan fingerprint density at radius 3 is 2.42 bits per heavy atom. The summed E-state index contributed by atoms with van der Waals surface area (Å²) in [4.78, 5) is 11.5. The topological polar surface area (TPSA) is 57.5 Å². The molecule has 0 heterocycles. The van der Waals surface area contributed by atoms with Crippen LogP contribution in [0.25, 0.3) is 11.1 Å². The molecule has 0 aliphatic heterocycles. The molecule has 0 fully saturated rings. The van der Waals surface area contributed by atoms with Gasteiger partial charge in [0.2, 0.25) is 0 Å². The van der Waals surface area contributed by atoms with Crippen LogP contribution in [0.3, 0.4) is 0 Å². The first-order valence-corrected chi connectivity index (χ1v) is 8.70. The maximum absolute atomic E-state index is 11.5. The molecule has 3 heteroatoms. The van der Waals surface area contributed by atoms with E-state index in [0.717, 1.165) is 23.1 Å². The standard InChI is InChI=1S/C23H20O3/c1-15-5-4-7-18(11-15)23(26,14-22(24)25)19-9-10-21-17(13-19)12-16-6-2-3-8-20(16)21/h2-11,13,26H,12,14H2,1H3,(H,24,25)/t23-/m0/s1. The molecule has 0 bridgehead atoms. The van der Waals surface area contributed by atoms with E-state index in [4.69, 9.17) is 0 Å². The molecule has 0 saturated carbocycles. The summed E-state index contributed by atoms with van der Waals surface area (Å²) in [7, 11) is 0. The van der Waals surface area contributed by atoms with Gasteiger partial charge in [-0.1, -0.05) is 72.3 Å². The van der Waals surface area contributed by atoms with Gasteiger partial charge in [-0.05, 0) is 46.7 Å². The molecule has 3 aromatic carbocycles. The zero-order valence-corrected chi connectivity index (χ0v) is 14.6. The first-order valence-electron chi connectivity index (χ1n) is 8.70. The van der Waals surface area contributed by atoms with Gasteiger partial charge in [0.15, 0.2) is 0 Å². The number of rotatable bonds is 4. The molecule has 130 valence electrons. The van der Waals surface area contributed by atoms with Gasteiger partial charge in [-0.25, -0.2) is 0 Å². The summed E-state index contributed by atoms with van der Waals surface area (Å²) < 4.78 is 0. The lowest BCUT2D eigenvalue weighted by atomic mass is 9.82. The van der Waals surface area contributed by atoms with Gasteiger partial charge in [0.1, 0.15) is 5.60 Å². The highest BCUT2D eigenvalue weighted by Crippen LogP contribution is 2.40. The lowest BCUT2D eigenvalue weighted by Gasteiger charge is -2.28. The summed E-state index contributed by atoms with van der Waals surface area (Å²) in [5.41, 5.74) is 5.42. The van der Waals surface area contributed by atoms with Crippen LogP contribution in [0, 0.1) is 6.92 Å². The summed E-state index contributed by atoms with van der Waals surface area (Å²) in [6.45, 7) is 1.93. The predicted octanol–water partition coefficient (Wildman–Crippen LogP) is 4.28. The summed E-state index contributed by atoms with van der Waals surface area (Å²) in [5.74, 6) is -1.03. The van der Waals surface area contributed by atoms with Crippen molar-refractivity contribution in [1.82, 2.24) is 0 Å². The second-order valence-electron chi connectivity index (χ2n) is 7.01. The summed E-state index contributed by atoms with van der Waals surface area (Å²) in [6, 6.07) is 21.5. The molecule has 0 radical (unpaired) electrons. The zero-order chi connectivity index (χ0) is 18.3. The second kappa shape index (κ2) is 6.11. The molecule has 0 amide bonds. The van der Waals surface area contributed by atoms with Crippen LogP contribution in [0.2, 0.25) is 0 Å². The van der Waals surface area contributed by atoms with Crippen LogP contribution in [-0.2, 0) is 16.8 Å². The molecule has 0 spiro atoms. The van der Waals surface area contributed by atoms with Gasteiger partial charge < -0.3 is 10.2 Å². The summed E-state index contributed by atoms with van der Waals surface area (Å²) in [6.07, 6.45) is 0.429. The van der Waals surface area contributed by atoms with Crippen LogP contribution in [0.4, 0.5) is 0 Å². The van der Waals surface area contributed by atoms with Crippen LogP contribution in [0.5, 0.6) is 0 Å². The van der Waals surface area contributed by atoms with Crippen molar-refractivity contribution in [3.8, 4) is 11.1 Å². The van der Waals surface area contributed by atoms with Gasteiger partial charge >= 0.3 is 5.97 Å². The third kappa shape index (κ3) is 2.71. The Kier molecular flexibility index (Phi) is 3.89. The van der Waals surface area contributed by atoms with Crippen molar-refractivity contribution in [2.24, 2.45) is 0 Å². The van der Waals surface area contributed by atoms with Crippen molar-refractivity contribution in [3.05, 3.63) is 94.5 Å². The van der Waals surface area contributed by atoms with Crippen LogP contribution in [0.1, 0.15) is 34.2 Å². The van der Waals surface area contributed by atoms with E-state index in [2.05, 4.69) is 12.1 Å². The minimum Gasteiger partial charge on any atom is -0.481 e. The van der Waals surface area contributed by atoms with Crippen molar-refractivity contribution in [1.29, 1.82) is 0 Å². The average molecular weight is 344 g/mol. The van der Waals surface area contributed by atoms with E-state index in [0.29, 0.717) is 11.1 Å². The molecule has 2 N–H and O–H groups in total. The van der Waals surface area contributed by atoms with Crippen molar-refractivity contribution in [2.45, 2.75) is 25.4 Å². The average Bonchev–Trinajstić information content (AvgIpc) is 2.99. The van der Waals surface area contributed by atoms with Gasteiger partial charge in [0.25, 0.3) is 0 Å². The predicted molar refractivity (Wildman–Crippen MR) is 101 cm³/mol. The molecular formula is C23H20O3. The molecule has 4 rings (SSSR count). The number of carboxylic acid groups (broad SMARTS) is 1. The minimum absolute atomic E-state index is 0.373. The molecule has 3 nitrogen and oxygen atoms in total. The molecule has 1 aliphatic carbocycles. The van der Waals surface area contributed by atoms with Gasteiger partial charge in [0, 0.05) is 0 Å². The number of carboxylic acids is 1. The largest absolute Gasteiger partial charge is 0.481 e. The van der Waals surface area contributed by atoms with Gasteiger partial charge in [0.05, 0.1) is 6.42 Å². The molecule has 3 aromatic rings. The first kappa shape index (κ1) is 16.6. The molecule has 1 aliphatic rings. The maximum atomic E-state index is 11.5. The lowest BCUT2D eigenvalue weighted by Crippen LogP contribution is -2.30. The summed E-state index contributed by atoms with van der Waals surface area (Å²) in [5, 5.41) is 20.8. The van der Waals surface area contributed by atoms with E-state index in [-0.39, 0.29) is 6.42 Å². The fraction of sp³-hybridized carbons (Fsp3) is 0.174. The Bertz CT molecular complexity index is 1010. The smallest absolute Gasteiger partial charge is 0.306 e. The zero-order valence-electron chi connectivity index (χ0n) is 14.6. The van der Waals surface area contributed by atoms with Crippen molar-refractivity contribution in [3.63, 3.8) is 0 Å². The molecule has 26 heavy (non-hydrogen) atoms. The fourth-order valence-electron chi connectivity index (χ4n) is 3.89. The number of aliphatic hydroxyl groups is 1.